The molecule has 2 N–H and O–H groups in total. The number of aromatic hydroxyl groups is 1. The minimum absolute atomic E-state index is 0.000796. The van der Waals surface area contributed by atoms with Gasteiger partial charge in [0.2, 0.25) is 0 Å². The minimum atomic E-state index is -0.675. The Kier molecular flexibility index (Phi) is 7.21. The number of phenolic OH excluding ortho intramolecular Hbond substituents is 1. The Morgan fingerprint density at radius 3 is 2.87 bits per heavy atom. The Morgan fingerprint density at radius 1 is 1.27 bits per heavy atom. The summed E-state index contributed by atoms with van der Waals surface area (Å²) in [5, 5.41) is 14.4. The highest BCUT2D eigenvalue weighted by molar-refractivity contribution is 9.10. The van der Waals surface area contributed by atoms with Gasteiger partial charge in [0.15, 0.2) is 23.2 Å². The van der Waals surface area contributed by atoms with Crippen molar-refractivity contribution >= 4 is 50.4 Å². The number of benzene rings is 2. The maximum atomic E-state index is 12.0. The molecule has 1 aromatic heterocycles. The molecule has 7 nitrogen and oxygen atoms in total. The summed E-state index contributed by atoms with van der Waals surface area (Å²) in [6.45, 7) is -0.437. The fourth-order valence-electron chi connectivity index (χ4n) is 2.41. The molecule has 0 spiro atoms. The Labute approximate surface area is 185 Å². The third-order valence-electron chi connectivity index (χ3n) is 3.83. The smallest absolute Gasteiger partial charge is 0.331 e. The van der Waals surface area contributed by atoms with Crippen molar-refractivity contribution in [2.75, 3.05) is 19.0 Å². The second kappa shape index (κ2) is 10.0. The number of rotatable bonds is 7. The molecule has 0 fully saturated rings. The van der Waals surface area contributed by atoms with E-state index in [1.807, 2.05) is 29.6 Å². The van der Waals surface area contributed by atoms with Gasteiger partial charge in [0.1, 0.15) is 0 Å². The Morgan fingerprint density at radius 2 is 2.10 bits per heavy atom. The molecule has 1 amide bonds. The molecule has 0 atom stereocenters. The number of esters is 1. The normalized spacial score (nSPS) is 10.7. The van der Waals surface area contributed by atoms with Crippen LogP contribution >= 0.6 is 27.3 Å². The number of methoxy groups -OCH3 is 1. The van der Waals surface area contributed by atoms with Crippen LogP contribution in [-0.4, -0.2) is 35.7 Å². The minimum Gasteiger partial charge on any atom is -0.504 e. The number of nitrogens with zero attached hydrogens (tertiary/aromatic N) is 1. The monoisotopic (exact) mass is 488 g/mol. The lowest BCUT2D eigenvalue weighted by Crippen LogP contribution is -2.20. The molecule has 9 heteroatoms. The zero-order valence-corrected chi connectivity index (χ0v) is 18.2. The van der Waals surface area contributed by atoms with Crippen LogP contribution in [0.5, 0.6) is 11.5 Å². The predicted molar refractivity (Wildman–Crippen MR) is 119 cm³/mol. The van der Waals surface area contributed by atoms with Crippen molar-refractivity contribution in [3.8, 4) is 22.8 Å². The second-order valence-corrected chi connectivity index (χ2v) is 7.74. The Bertz CT molecular complexity index is 1100. The third-order valence-corrected chi connectivity index (χ3v) is 5.08. The van der Waals surface area contributed by atoms with Crippen LogP contribution in [0.2, 0.25) is 0 Å². The first kappa shape index (κ1) is 21.5. The van der Waals surface area contributed by atoms with Crippen molar-refractivity contribution in [1.82, 2.24) is 4.98 Å². The van der Waals surface area contributed by atoms with Crippen molar-refractivity contribution in [2.24, 2.45) is 0 Å². The summed E-state index contributed by atoms with van der Waals surface area (Å²) in [4.78, 5) is 28.2. The van der Waals surface area contributed by atoms with Gasteiger partial charge in [0.25, 0.3) is 5.91 Å². The standard InChI is InChI=1S/C21H17BrN2O5S/c1-28-18-9-13(5-7-17(18)25)6-8-20(27)29-11-19(26)24-21-23-16(12-30-21)14-3-2-4-15(22)10-14/h2-10,12,25H,11H2,1H3,(H,23,24,26)/b8-6+. The van der Waals surface area contributed by atoms with E-state index in [0.29, 0.717) is 10.7 Å². The van der Waals surface area contributed by atoms with Crippen LogP contribution in [0, 0.1) is 0 Å². The molecule has 0 aliphatic rings. The Hall–Kier alpha value is -3.17. The lowest BCUT2D eigenvalue weighted by atomic mass is 10.2. The van der Waals surface area contributed by atoms with Crippen LogP contribution in [0.15, 0.2) is 58.4 Å². The van der Waals surface area contributed by atoms with Crippen LogP contribution in [0.3, 0.4) is 0 Å². The molecule has 3 rings (SSSR count). The summed E-state index contributed by atoms with van der Waals surface area (Å²) in [6, 6.07) is 12.3. The van der Waals surface area contributed by atoms with Gasteiger partial charge in [0.05, 0.1) is 12.8 Å². The maximum Gasteiger partial charge on any atom is 0.331 e. The zero-order chi connectivity index (χ0) is 21.5. The van der Waals surface area contributed by atoms with Crippen molar-refractivity contribution < 1.29 is 24.2 Å². The summed E-state index contributed by atoms with van der Waals surface area (Å²) >= 11 is 4.69. The summed E-state index contributed by atoms with van der Waals surface area (Å²) in [6.07, 6.45) is 2.68. The quantitative estimate of drug-likeness (QED) is 0.375. The molecule has 0 radical (unpaired) electrons. The summed E-state index contributed by atoms with van der Waals surface area (Å²) < 4.78 is 10.9. The molecular formula is C21H17BrN2O5S. The second-order valence-electron chi connectivity index (χ2n) is 5.97. The molecule has 0 saturated heterocycles. The largest absolute Gasteiger partial charge is 0.504 e. The van der Waals surface area contributed by atoms with Crippen LogP contribution in [-0.2, 0) is 14.3 Å². The van der Waals surface area contributed by atoms with E-state index in [1.54, 1.807) is 12.1 Å². The van der Waals surface area contributed by atoms with E-state index in [-0.39, 0.29) is 11.5 Å². The van der Waals surface area contributed by atoms with Gasteiger partial charge in [-0.15, -0.1) is 11.3 Å². The number of phenols is 1. The first-order chi connectivity index (χ1) is 14.4. The first-order valence-electron chi connectivity index (χ1n) is 8.68. The summed E-state index contributed by atoms with van der Waals surface area (Å²) in [5.41, 5.74) is 2.29. The SMILES string of the molecule is COc1cc(/C=C/C(=O)OCC(=O)Nc2nc(-c3cccc(Br)c3)cs2)ccc1O. The van der Waals surface area contributed by atoms with Gasteiger partial charge in [0, 0.05) is 21.5 Å². The number of aromatic nitrogens is 1. The Balaban J connectivity index is 1.50. The fourth-order valence-corrected chi connectivity index (χ4v) is 3.55. The molecule has 0 aliphatic heterocycles. The molecule has 30 heavy (non-hydrogen) atoms. The number of carbonyl (C=O) groups is 2. The van der Waals surface area contributed by atoms with E-state index in [2.05, 4.69) is 26.2 Å². The van der Waals surface area contributed by atoms with Gasteiger partial charge < -0.3 is 14.6 Å². The molecule has 1 heterocycles. The molecule has 0 unspecified atom stereocenters. The van der Waals surface area contributed by atoms with Crippen LogP contribution in [0.1, 0.15) is 5.56 Å². The van der Waals surface area contributed by atoms with E-state index in [0.717, 1.165) is 15.7 Å². The van der Waals surface area contributed by atoms with Crippen LogP contribution in [0.25, 0.3) is 17.3 Å². The van der Waals surface area contributed by atoms with Crippen molar-refractivity contribution in [3.05, 3.63) is 64.0 Å². The van der Waals surface area contributed by atoms with Gasteiger partial charge in [-0.2, -0.15) is 0 Å². The highest BCUT2D eigenvalue weighted by Gasteiger charge is 2.10. The van der Waals surface area contributed by atoms with Crippen molar-refractivity contribution in [3.63, 3.8) is 0 Å². The van der Waals surface area contributed by atoms with E-state index >= 15 is 0 Å². The molecule has 0 saturated carbocycles. The van der Waals surface area contributed by atoms with Gasteiger partial charge >= 0.3 is 5.97 Å². The van der Waals surface area contributed by atoms with Crippen molar-refractivity contribution in [1.29, 1.82) is 0 Å². The highest BCUT2D eigenvalue weighted by Crippen LogP contribution is 2.27. The van der Waals surface area contributed by atoms with Gasteiger partial charge in [-0.05, 0) is 35.9 Å². The number of anilines is 1. The molecular weight excluding hydrogens is 472 g/mol. The molecule has 0 aliphatic carbocycles. The topological polar surface area (TPSA) is 97.8 Å². The van der Waals surface area contributed by atoms with Crippen LogP contribution < -0.4 is 10.1 Å². The molecule has 2 aromatic carbocycles. The average molecular weight is 489 g/mol. The summed E-state index contributed by atoms with van der Waals surface area (Å²) in [7, 11) is 1.43. The molecule has 3 aromatic rings. The van der Waals surface area contributed by atoms with Crippen molar-refractivity contribution in [2.45, 2.75) is 0 Å². The molecule has 0 bridgehead atoms. The van der Waals surface area contributed by atoms with Gasteiger partial charge in [-0.25, -0.2) is 9.78 Å². The lowest BCUT2D eigenvalue weighted by molar-refractivity contribution is -0.142. The van der Waals surface area contributed by atoms with E-state index in [4.69, 9.17) is 9.47 Å². The van der Waals surface area contributed by atoms with E-state index in [9.17, 15) is 14.7 Å². The number of hydrogen-bond acceptors (Lipinski definition) is 7. The van der Waals surface area contributed by atoms with Gasteiger partial charge in [-0.1, -0.05) is 34.1 Å². The van der Waals surface area contributed by atoms with E-state index in [1.165, 1.54) is 36.7 Å². The fraction of sp³-hybridized carbons (Fsp3) is 0.0952. The van der Waals surface area contributed by atoms with Crippen LogP contribution in [0.4, 0.5) is 5.13 Å². The number of nitrogens with one attached hydrogen (secondary N) is 1. The number of ether oxygens (including phenoxy) is 2. The number of carbonyl (C=O) groups excluding carboxylic acids is 2. The number of amides is 1. The maximum absolute atomic E-state index is 12.0. The lowest BCUT2D eigenvalue weighted by Gasteiger charge is -2.04. The average Bonchev–Trinajstić information content (AvgIpc) is 3.20. The number of hydrogen-bond donors (Lipinski definition) is 2. The molecule has 154 valence electrons. The number of halogens is 1. The number of thiazole rings is 1. The van der Waals surface area contributed by atoms with E-state index < -0.39 is 18.5 Å². The highest BCUT2D eigenvalue weighted by atomic mass is 79.9. The summed E-state index contributed by atoms with van der Waals surface area (Å²) in [5.74, 6) is -0.876. The third kappa shape index (κ3) is 5.91. The predicted octanol–water partition coefficient (Wildman–Crippen LogP) is 4.48. The zero-order valence-electron chi connectivity index (χ0n) is 15.8. The first-order valence-corrected chi connectivity index (χ1v) is 10.3. The van der Waals surface area contributed by atoms with Gasteiger partial charge in [-0.3, -0.25) is 10.1 Å².